The zero-order valence-electron chi connectivity index (χ0n) is 16.9. The number of fused-ring (bicyclic) bond motifs is 1. The van der Waals surface area contributed by atoms with Crippen molar-refractivity contribution in [3.63, 3.8) is 0 Å². The predicted molar refractivity (Wildman–Crippen MR) is 132 cm³/mol. The van der Waals surface area contributed by atoms with E-state index in [9.17, 15) is 9.59 Å². The first-order valence-electron chi connectivity index (χ1n) is 9.80. The molecule has 1 heterocycles. The maximum atomic E-state index is 13.3. The molecule has 2 aliphatic rings. The third-order valence-corrected chi connectivity index (χ3v) is 6.33. The molecule has 2 aromatic rings. The molecule has 32 heavy (non-hydrogen) atoms. The number of benzene rings is 2. The Bertz CT molecular complexity index is 1220. The summed E-state index contributed by atoms with van der Waals surface area (Å²) in [6.45, 7) is 0. The SMILES string of the molecule is COc1c(Cl)cc(Cl)cc1C=CC(=O)C1=C(c2ccccc2)C2C=C(Br)C=CC2NC1=O. The van der Waals surface area contributed by atoms with Crippen LogP contribution in [-0.2, 0) is 9.59 Å². The van der Waals surface area contributed by atoms with Crippen molar-refractivity contribution in [3.05, 3.63) is 98.0 Å². The van der Waals surface area contributed by atoms with Gasteiger partial charge in [-0.3, -0.25) is 9.59 Å². The highest BCUT2D eigenvalue weighted by Gasteiger charge is 2.37. The van der Waals surface area contributed by atoms with Crippen molar-refractivity contribution in [1.82, 2.24) is 5.32 Å². The van der Waals surface area contributed by atoms with Crippen LogP contribution in [0.25, 0.3) is 11.6 Å². The first kappa shape index (κ1) is 22.6. The third kappa shape index (κ3) is 4.46. The lowest BCUT2D eigenvalue weighted by atomic mass is 9.77. The molecule has 1 amide bonds. The topological polar surface area (TPSA) is 55.4 Å². The minimum atomic E-state index is -0.419. The van der Waals surface area contributed by atoms with Crippen LogP contribution < -0.4 is 10.1 Å². The summed E-state index contributed by atoms with van der Waals surface area (Å²) in [5.41, 5.74) is 2.15. The monoisotopic (exact) mass is 529 g/mol. The molecule has 0 saturated carbocycles. The van der Waals surface area contributed by atoms with E-state index in [1.165, 1.54) is 13.2 Å². The van der Waals surface area contributed by atoms with Gasteiger partial charge in [-0.1, -0.05) is 87.7 Å². The van der Waals surface area contributed by atoms with Gasteiger partial charge in [-0.05, 0) is 35.4 Å². The molecular weight excluding hydrogens is 513 g/mol. The Kier molecular flexibility index (Phi) is 6.70. The number of ether oxygens (including phenoxy) is 1. The van der Waals surface area contributed by atoms with E-state index in [2.05, 4.69) is 21.2 Å². The van der Waals surface area contributed by atoms with Crippen molar-refractivity contribution in [2.24, 2.45) is 5.92 Å². The Labute approximate surface area is 204 Å². The highest BCUT2D eigenvalue weighted by molar-refractivity contribution is 9.11. The molecule has 4 rings (SSSR count). The van der Waals surface area contributed by atoms with Gasteiger partial charge in [0.05, 0.1) is 23.7 Å². The highest BCUT2D eigenvalue weighted by atomic mass is 79.9. The Morgan fingerprint density at radius 1 is 1.19 bits per heavy atom. The van der Waals surface area contributed by atoms with Crippen LogP contribution in [0.1, 0.15) is 11.1 Å². The van der Waals surface area contributed by atoms with Crippen LogP contribution in [0.3, 0.4) is 0 Å². The van der Waals surface area contributed by atoms with Gasteiger partial charge in [0, 0.05) is 21.0 Å². The Morgan fingerprint density at radius 3 is 2.66 bits per heavy atom. The van der Waals surface area contributed by atoms with E-state index in [-0.39, 0.29) is 17.5 Å². The van der Waals surface area contributed by atoms with Gasteiger partial charge in [-0.25, -0.2) is 0 Å². The summed E-state index contributed by atoms with van der Waals surface area (Å²) in [4.78, 5) is 26.4. The Hall–Kier alpha value is -2.60. The fraction of sp³-hybridized carbons (Fsp3) is 0.120. The molecule has 2 atom stereocenters. The second-order valence-corrected chi connectivity index (χ2v) is 9.06. The third-order valence-electron chi connectivity index (χ3n) is 5.30. The maximum absolute atomic E-state index is 13.3. The molecule has 162 valence electrons. The number of rotatable bonds is 5. The molecule has 0 fully saturated rings. The molecule has 1 aliphatic carbocycles. The summed E-state index contributed by atoms with van der Waals surface area (Å²) >= 11 is 15.8. The standard InChI is InChI=1S/C25H18BrCl2NO3/c1-32-24-15(11-17(27)13-19(24)28)7-10-21(30)23-22(14-5-3-2-4-6-14)18-12-16(26)8-9-20(18)29-25(23)31/h2-13,18,20H,1H3,(H,29,31). The number of carbonyl (C=O) groups is 2. The number of amides is 1. The number of ketones is 1. The lowest BCUT2D eigenvalue weighted by Crippen LogP contribution is -2.46. The van der Waals surface area contributed by atoms with E-state index in [1.807, 2.05) is 48.6 Å². The molecular formula is C25H18BrCl2NO3. The van der Waals surface area contributed by atoms with Gasteiger partial charge in [0.15, 0.2) is 5.78 Å². The lowest BCUT2D eigenvalue weighted by molar-refractivity contribution is -0.121. The van der Waals surface area contributed by atoms with Gasteiger partial charge >= 0.3 is 0 Å². The maximum Gasteiger partial charge on any atom is 0.256 e. The smallest absolute Gasteiger partial charge is 0.256 e. The van der Waals surface area contributed by atoms with Crippen LogP contribution in [0.15, 0.2) is 76.8 Å². The Balaban J connectivity index is 1.82. The lowest BCUT2D eigenvalue weighted by Gasteiger charge is -2.34. The zero-order valence-corrected chi connectivity index (χ0v) is 20.0. The number of nitrogens with one attached hydrogen (secondary N) is 1. The normalized spacial score (nSPS) is 20.1. The molecule has 0 aromatic heterocycles. The van der Waals surface area contributed by atoms with E-state index in [4.69, 9.17) is 27.9 Å². The number of allylic oxidation sites excluding steroid dienone is 3. The van der Waals surface area contributed by atoms with E-state index >= 15 is 0 Å². The number of methoxy groups -OCH3 is 1. The van der Waals surface area contributed by atoms with Gasteiger partial charge in [0.1, 0.15) is 5.75 Å². The van der Waals surface area contributed by atoms with E-state index in [1.54, 1.807) is 18.2 Å². The molecule has 1 N–H and O–H groups in total. The summed E-state index contributed by atoms with van der Waals surface area (Å²) in [5.74, 6) is -0.615. The minimum absolute atomic E-state index is 0.104. The second-order valence-electron chi connectivity index (χ2n) is 7.30. The van der Waals surface area contributed by atoms with Crippen LogP contribution in [0.5, 0.6) is 5.75 Å². The summed E-state index contributed by atoms with van der Waals surface area (Å²) in [6, 6.07) is 12.5. The molecule has 0 radical (unpaired) electrons. The summed E-state index contributed by atoms with van der Waals surface area (Å²) < 4.78 is 6.23. The largest absolute Gasteiger partial charge is 0.495 e. The van der Waals surface area contributed by atoms with Crippen molar-refractivity contribution in [3.8, 4) is 5.75 Å². The molecule has 0 spiro atoms. The summed E-state index contributed by atoms with van der Waals surface area (Å²) in [6.07, 6.45) is 8.72. The number of hydrogen-bond acceptors (Lipinski definition) is 3. The second kappa shape index (κ2) is 9.49. The summed E-state index contributed by atoms with van der Waals surface area (Å²) in [7, 11) is 1.49. The van der Waals surface area contributed by atoms with Crippen LogP contribution in [0.2, 0.25) is 10.0 Å². The molecule has 0 bridgehead atoms. The van der Waals surface area contributed by atoms with E-state index in [0.29, 0.717) is 26.9 Å². The molecule has 1 aliphatic heterocycles. The number of hydrogen-bond donors (Lipinski definition) is 1. The first-order chi connectivity index (χ1) is 15.4. The van der Waals surface area contributed by atoms with E-state index in [0.717, 1.165) is 10.0 Å². The zero-order chi connectivity index (χ0) is 22.8. The Morgan fingerprint density at radius 2 is 1.94 bits per heavy atom. The molecule has 2 unspecified atom stereocenters. The highest BCUT2D eigenvalue weighted by Crippen LogP contribution is 2.39. The van der Waals surface area contributed by atoms with Crippen molar-refractivity contribution in [1.29, 1.82) is 0 Å². The predicted octanol–water partition coefficient (Wildman–Crippen LogP) is 6.00. The van der Waals surface area contributed by atoms with Crippen molar-refractivity contribution in [2.75, 3.05) is 7.11 Å². The number of halogens is 3. The van der Waals surface area contributed by atoms with Crippen LogP contribution in [-0.4, -0.2) is 24.8 Å². The van der Waals surface area contributed by atoms with Crippen LogP contribution in [0.4, 0.5) is 0 Å². The molecule has 2 aromatic carbocycles. The van der Waals surface area contributed by atoms with Gasteiger partial charge in [-0.2, -0.15) is 0 Å². The van der Waals surface area contributed by atoms with E-state index < -0.39 is 11.7 Å². The van der Waals surface area contributed by atoms with Crippen molar-refractivity contribution >= 4 is 62.5 Å². The minimum Gasteiger partial charge on any atom is -0.495 e. The van der Waals surface area contributed by atoms with Gasteiger partial charge in [0.25, 0.3) is 5.91 Å². The molecule has 7 heteroatoms. The van der Waals surface area contributed by atoms with Crippen LogP contribution >= 0.6 is 39.1 Å². The van der Waals surface area contributed by atoms with Crippen molar-refractivity contribution in [2.45, 2.75) is 6.04 Å². The van der Waals surface area contributed by atoms with Gasteiger partial charge < -0.3 is 10.1 Å². The van der Waals surface area contributed by atoms with Crippen LogP contribution in [0, 0.1) is 5.92 Å². The van der Waals surface area contributed by atoms with Gasteiger partial charge in [-0.15, -0.1) is 0 Å². The average molecular weight is 531 g/mol. The molecule has 4 nitrogen and oxygen atoms in total. The summed E-state index contributed by atoms with van der Waals surface area (Å²) in [5, 5.41) is 3.68. The quantitative estimate of drug-likeness (QED) is 0.381. The fourth-order valence-electron chi connectivity index (χ4n) is 3.93. The number of carbonyl (C=O) groups excluding carboxylic acids is 2. The van der Waals surface area contributed by atoms with Gasteiger partial charge in [0.2, 0.25) is 0 Å². The van der Waals surface area contributed by atoms with Crippen molar-refractivity contribution < 1.29 is 14.3 Å². The fourth-order valence-corrected chi connectivity index (χ4v) is 4.95. The average Bonchev–Trinajstić information content (AvgIpc) is 2.77. The first-order valence-corrected chi connectivity index (χ1v) is 11.4. The molecule has 0 saturated heterocycles.